The van der Waals surface area contributed by atoms with Crippen molar-refractivity contribution in [3.8, 4) is 17.2 Å². The highest BCUT2D eigenvalue weighted by atomic mass is 16.5. The average molecular weight is 219 g/mol. The van der Waals surface area contributed by atoms with Crippen molar-refractivity contribution in [2.45, 2.75) is 20.0 Å². The molecule has 4 nitrogen and oxygen atoms in total. The molecule has 0 radical (unpaired) electrons. The minimum Gasteiger partial charge on any atom is -0.491 e. The third-order valence-electron chi connectivity index (χ3n) is 1.98. The molecule has 16 heavy (non-hydrogen) atoms. The third-order valence-corrected chi connectivity index (χ3v) is 1.98. The molecule has 2 aromatic rings. The fourth-order valence-corrected chi connectivity index (χ4v) is 1.42. The standard InChI is InChI=1S/C12H13NO3/c1-8(2)16-9-6-10(13-12(14)7-9)11-4-3-5-15-11/h3-8H,1-2H3,(H,13,14). The average Bonchev–Trinajstić information content (AvgIpc) is 2.67. The second-order valence-electron chi connectivity index (χ2n) is 3.74. The van der Waals surface area contributed by atoms with E-state index in [1.54, 1.807) is 24.5 Å². The summed E-state index contributed by atoms with van der Waals surface area (Å²) < 4.78 is 10.7. The topological polar surface area (TPSA) is 55.2 Å². The number of rotatable bonds is 3. The highest BCUT2D eigenvalue weighted by Gasteiger charge is 2.06. The number of ether oxygens (including phenoxy) is 1. The number of H-pyrrole nitrogens is 1. The number of hydrogen-bond acceptors (Lipinski definition) is 3. The van der Waals surface area contributed by atoms with Crippen LogP contribution in [0.5, 0.6) is 5.75 Å². The van der Waals surface area contributed by atoms with Crippen LogP contribution in [0, 0.1) is 0 Å². The van der Waals surface area contributed by atoms with Crippen molar-refractivity contribution in [3.05, 3.63) is 40.9 Å². The van der Waals surface area contributed by atoms with Gasteiger partial charge >= 0.3 is 0 Å². The molecule has 0 atom stereocenters. The van der Waals surface area contributed by atoms with Gasteiger partial charge in [-0.15, -0.1) is 0 Å². The zero-order valence-electron chi connectivity index (χ0n) is 9.19. The van der Waals surface area contributed by atoms with Gasteiger partial charge in [-0.2, -0.15) is 0 Å². The van der Waals surface area contributed by atoms with Crippen LogP contribution in [0.2, 0.25) is 0 Å². The van der Waals surface area contributed by atoms with Crippen molar-refractivity contribution >= 4 is 0 Å². The zero-order valence-corrected chi connectivity index (χ0v) is 9.19. The molecule has 0 aliphatic heterocycles. The van der Waals surface area contributed by atoms with Crippen molar-refractivity contribution in [1.82, 2.24) is 4.98 Å². The molecule has 0 amide bonds. The van der Waals surface area contributed by atoms with Crippen LogP contribution in [0.25, 0.3) is 11.5 Å². The van der Waals surface area contributed by atoms with Gasteiger partial charge in [0.25, 0.3) is 5.56 Å². The smallest absolute Gasteiger partial charge is 0.252 e. The number of aromatic amines is 1. The second kappa shape index (κ2) is 4.26. The molecular formula is C12H13NO3. The van der Waals surface area contributed by atoms with Gasteiger partial charge in [0.2, 0.25) is 0 Å². The molecule has 2 heterocycles. The number of hydrogen-bond donors (Lipinski definition) is 1. The predicted molar refractivity (Wildman–Crippen MR) is 60.5 cm³/mol. The van der Waals surface area contributed by atoms with E-state index in [9.17, 15) is 4.79 Å². The molecule has 1 N–H and O–H groups in total. The molecule has 2 aromatic heterocycles. The molecule has 0 aliphatic carbocycles. The van der Waals surface area contributed by atoms with E-state index in [1.165, 1.54) is 6.07 Å². The van der Waals surface area contributed by atoms with Gasteiger partial charge in [-0.1, -0.05) is 0 Å². The van der Waals surface area contributed by atoms with Crippen molar-refractivity contribution < 1.29 is 9.15 Å². The summed E-state index contributed by atoms with van der Waals surface area (Å²) in [6, 6.07) is 6.72. The molecule has 4 heteroatoms. The summed E-state index contributed by atoms with van der Waals surface area (Å²) in [5.74, 6) is 1.16. The summed E-state index contributed by atoms with van der Waals surface area (Å²) in [6.07, 6.45) is 1.59. The first-order chi connectivity index (χ1) is 7.65. The van der Waals surface area contributed by atoms with E-state index in [2.05, 4.69) is 4.98 Å². The van der Waals surface area contributed by atoms with Gasteiger partial charge in [0.1, 0.15) is 11.5 Å². The predicted octanol–water partition coefficient (Wildman–Crippen LogP) is 2.42. The highest BCUT2D eigenvalue weighted by Crippen LogP contribution is 2.20. The summed E-state index contributed by atoms with van der Waals surface area (Å²) in [4.78, 5) is 14.1. The molecule has 0 saturated heterocycles. The number of aromatic nitrogens is 1. The third kappa shape index (κ3) is 2.34. The molecule has 0 saturated carbocycles. The van der Waals surface area contributed by atoms with Crippen LogP contribution in [0.3, 0.4) is 0 Å². The lowest BCUT2D eigenvalue weighted by molar-refractivity contribution is 0.242. The minimum atomic E-state index is -0.204. The number of furan rings is 1. The summed E-state index contributed by atoms with van der Waals surface area (Å²) >= 11 is 0. The molecule has 0 fully saturated rings. The lowest BCUT2D eigenvalue weighted by Crippen LogP contribution is -2.11. The van der Waals surface area contributed by atoms with Crippen LogP contribution in [0.4, 0.5) is 0 Å². The Balaban J connectivity index is 2.40. The maximum absolute atomic E-state index is 11.4. The van der Waals surface area contributed by atoms with E-state index in [0.29, 0.717) is 17.2 Å². The first kappa shape index (κ1) is 10.5. The fraction of sp³-hybridized carbons (Fsp3) is 0.250. The second-order valence-corrected chi connectivity index (χ2v) is 3.74. The summed E-state index contributed by atoms with van der Waals surface area (Å²) in [5, 5.41) is 0. The quantitative estimate of drug-likeness (QED) is 0.862. The molecule has 84 valence electrons. The Hall–Kier alpha value is -1.97. The highest BCUT2D eigenvalue weighted by molar-refractivity contribution is 5.53. The van der Waals surface area contributed by atoms with Gasteiger partial charge in [-0.05, 0) is 26.0 Å². The molecule has 0 unspecified atom stereocenters. The van der Waals surface area contributed by atoms with Crippen LogP contribution in [0.1, 0.15) is 13.8 Å². The normalized spacial score (nSPS) is 10.7. The number of pyridine rings is 1. The van der Waals surface area contributed by atoms with Crippen molar-refractivity contribution in [1.29, 1.82) is 0 Å². The minimum absolute atomic E-state index is 0.0336. The van der Waals surface area contributed by atoms with E-state index in [-0.39, 0.29) is 11.7 Å². The van der Waals surface area contributed by atoms with Crippen LogP contribution in [-0.4, -0.2) is 11.1 Å². The molecule has 0 bridgehead atoms. The Morgan fingerprint density at radius 1 is 1.38 bits per heavy atom. The Morgan fingerprint density at radius 3 is 2.81 bits per heavy atom. The lowest BCUT2D eigenvalue weighted by atomic mass is 10.3. The van der Waals surface area contributed by atoms with Crippen molar-refractivity contribution in [2.75, 3.05) is 0 Å². The van der Waals surface area contributed by atoms with Crippen LogP contribution < -0.4 is 10.3 Å². The zero-order chi connectivity index (χ0) is 11.5. The van der Waals surface area contributed by atoms with Gasteiger partial charge in [0, 0.05) is 12.1 Å². The monoisotopic (exact) mass is 219 g/mol. The summed E-state index contributed by atoms with van der Waals surface area (Å²) in [7, 11) is 0. The molecule has 2 rings (SSSR count). The van der Waals surface area contributed by atoms with Gasteiger partial charge in [-0.25, -0.2) is 0 Å². The van der Waals surface area contributed by atoms with E-state index in [1.807, 2.05) is 13.8 Å². The van der Waals surface area contributed by atoms with E-state index >= 15 is 0 Å². The fourth-order valence-electron chi connectivity index (χ4n) is 1.42. The van der Waals surface area contributed by atoms with Crippen LogP contribution in [-0.2, 0) is 0 Å². The van der Waals surface area contributed by atoms with E-state index < -0.39 is 0 Å². The molecule has 0 aliphatic rings. The number of nitrogens with one attached hydrogen (secondary N) is 1. The Kier molecular flexibility index (Phi) is 2.81. The maximum atomic E-state index is 11.4. The van der Waals surface area contributed by atoms with Crippen LogP contribution in [0.15, 0.2) is 39.7 Å². The van der Waals surface area contributed by atoms with Gasteiger partial charge in [0.15, 0.2) is 0 Å². The van der Waals surface area contributed by atoms with Crippen LogP contribution >= 0.6 is 0 Å². The Bertz CT molecular complexity index is 511. The van der Waals surface area contributed by atoms with Crippen molar-refractivity contribution in [2.24, 2.45) is 0 Å². The summed E-state index contributed by atoms with van der Waals surface area (Å²) in [6.45, 7) is 3.82. The Morgan fingerprint density at radius 2 is 2.19 bits per heavy atom. The van der Waals surface area contributed by atoms with Crippen molar-refractivity contribution in [3.63, 3.8) is 0 Å². The van der Waals surface area contributed by atoms with Gasteiger partial charge in [-0.3, -0.25) is 4.79 Å². The van der Waals surface area contributed by atoms with Gasteiger partial charge < -0.3 is 14.1 Å². The SMILES string of the molecule is CC(C)Oc1cc(-c2ccco2)[nH]c(=O)c1. The largest absolute Gasteiger partial charge is 0.491 e. The maximum Gasteiger partial charge on any atom is 0.252 e. The first-order valence-corrected chi connectivity index (χ1v) is 5.10. The molecular weight excluding hydrogens is 206 g/mol. The molecule has 0 aromatic carbocycles. The Labute approximate surface area is 92.9 Å². The first-order valence-electron chi connectivity index (χ1n) is 5.10. The summed E-state index contributed by atoms with van der Waals surface area (Å²) in [5.41, 5.74) is 0.415. The van der Waals surface area contributed by atoms with E-state index in [0.717, 1.165) is 0 Å². The van der Waals surface area contributed by atoms with Gasteiger partial charge in [0.05, 0.1) is 18.1 Å². The van der Waals surface area contributed by atoms with E-state index in [4.69, 9.17) is 9.15 Å². The lowest BCUT2D eigenvalue weighted by Gasteiger charge is -2.09. The molecule has 0 spiro atoms.